The van der Waals surface area contributed by atoms with E-state index in [4.69, 9.17) is 10.5 Å². The molecule has 1 rings (SSSR count). The topological polar surface area (TPSA) is 72.6 Å². The lowest BCUT2D eigenvalue weighted by Crippen LogP contribution is -2.37. The average Bonchev–Trinajstić information content (AvgIpc) is 2.38. The molecule has 1 aromatic carbocycles. The molecule has 0 saturated carbocycles. The highest BCUT2D eigenvalue weighted by Crippen LogP contribution is 2.25. The fourth-order valence-corrected chi connectivity index (χ4v) is 3.58. The van der Waals surface area contributed by atoms with Gasteiger partial charge in [0, 0.05) is 25.9 Å². The number of sulfonamides is 1. The Kier molecular flexibility index (Phi) is 6.12. The summed E-state index contributed by atoms with van der Waals surface area (Å²) in [6.07, 6.45) is 0. The minimum Gasteiger partial charge on any atom is -0.398 e. The van der Waals surface area contributed by atoms with Crippen molar-refractivity contribution in [2.24, 2.45) is 5.92 Å². The number of nitrogens with two attached hydrogens (primary N) is 1. The summed E-state index contributed by atoms with van der Waals surface area (Å²) in [4.78, 5) is -0.387. The number of anilines is 1. The number of methoxy groups -OCH3 is 1. The summed E-state index contributed by atoms with van der Waals surface area (Å²) in [5.74, 6) is -0.671. The second kappa shape index (κ2) is 7.20. The van der Waals surface area contributed by atoms with Gasteiger partial charge in [-0.3, -0.25) is 0 Å². The van der Waals surface area contributed by atoms with Gasteiger partial charge in [0.1, 0.15) is 10.7 Å². The Labute approximate surface area is 125 Å². The first-order valence-electron chi connectivity index (χ1n) is 6.74. The molecule has 0 aliphatic rings. The van der Waals surface area contributed by atoms with Crippen LogP contribution in [0, 0.1) is 18.7 Å². The van der Waals surface area contributed by atoms with Crippen LogP contribution in [0.5, 0.6) is 0 Å². The lowest BCUT2D eigenvalue weighted by Gasteiger charge is -2.24. The van der Waals surface area contributed by atoms with Crippen molar-refractivity contribution in [2.45, 2.75) is 25.7 Å². The molecule has 0 aliphatic heterocycles. The van der Waals surface area contributed by atoms with Crippen LogP contribution in [0.2, 0.25) is 0 Å². The number of benzene rings is 1. The highest BCUT2D eigenvalue weighted by Gasteiger charge is 2.28. The number of nitrogens with zero attached hydrogens (tertiary/aromatic N) is 1. The van der Waals surface area contributed by atoms with Crippen LogP contribution in [0.4, 0.5) is 10.1 Å². The third-order valence-electron chi connectivity index (χ3n) is 3.05. The molecule has 5 nitrogen and oxygen atoms in total. The largest absolute Gasteiger partial charge is 0.398 e. The number of nitrogen functional groups attached to an aromatic ring is 1. The van der Waals surface area contributed by atoms with Crippen molar-refractivity contribution in [1.29, 1.82) is 0 Å². The number of halogens is 1. The Bertz CT molecular complexity index is 588. The Balaban J connectivity index is 3.24. The first-order chi connectivity index (χ1) is 9.70. The molecular weight excluding hydrogens is 295 g/mol. The van der Waals surface area contributed by atoms with Crippen LogP contribution in [0.15, 0.2) is 17.0 Å². The van der Waals surface area contributed by atoms with Gasteiger partial charge in [0.05, 0.1) is 6.61 Å². The molecular formula is C14H23FN2O3S. The first kappa shape index (κ1) is 17.9. The van der Waals surface area contributed by atoms with Gasteiger partial charge in [-0.2, -0.15) is 4.31 Å². The molecule has 0 aliphatic carbocycles. The SMILES string of the molecule is COCCN(CC(C)C)S(=O)(=O)c1cc(N)c(C)cc1F. The zero-order chi connectivity index (χ0) is 16.2. The monoisotopic (exact) mass is 318 g/mol. The van der Waals surface area contributed by atoms with Crippen LogP contribution >= 0.6 is 0 Å². The van der Waals surface area contributed by atoms with Gasteiger partial charge in [0.25, 0.3) is 0 Å². The second-order valence-electron chi connectivity index (χ2n) is 5.39. The second-order valence-corrected chi connectivity index (χ2v) is 7.30. The van der Waals surface area contributed by atoms with E-state index in [2.05, 4.69) is 0 Å². The van der Waals surface area contributed by atoms with Crippen LogP contribution in [-0.4, -0.2) is 39.5 Å². The van der Waals surface area contributed by atoms with Gasteiger partial charge in [-0.15, -0.1) is 0 Å². The minimum absolute atomic E-state index is 0.113. The summed E-state index contributed by atoms with van der Waals surface area (Å²) >= 11 is 0. The van der Waals surface area contributed by atoms with Gasteiger partial charge < -0.3 is 10.5 Å². The fraction of sp³-hybridized carbons (Fsp3) is 0.571. The van der Waals surface area contributed by atoms with Crippen molar-refractivity contribution >= 4 is 15.7 Å². The van der Waals surface area contributed by atoms with E-state index < -0.39 is 15.8 Å². The van der Waals surface area contributed by atoms with Gasteiger partial charge in [0.2, 0.25) is 10.0 Å². The zero-order valence-corrected chi connectivity index (χ0v) is 13.7. The predicted molar refractivity (Wildman–Crippen MR) is 81.0 cm³/mol. The molecule has 0 radical (unpaired) electrons. The van der Waals surface area contributed by atoms with Crippen molar-refractivity contribution < 1.29 is 17.5 Å². The summed E-state index contributed by atoms with van der Waals surface area (Å²) in [5.41, 5.74) is 6.48. The molecule has 7 heteroatoms. The highest BCUT2D eigenvalue weighted by molar-refractivity contribution is 7.89. The molecule has 0 aromatic heterocycles. The van der Waals surface area contributed by atoms with Crippen LogP contribution in [-0.2, 0) is 14.8 Å². The average molecular weight is 318 g/mol. The molecule has 0 amide bonds. The van der Waals surface area contributed by atoms with Gasteiger partial charge in [-0.1, -0.05) is 13.8 Å². The van der Waals surface area contributed by atoms with E-state index in [9.17, 15) is 12.8 Å². The van der Waals surface area contributed by atoms with E-state index in [-0.39, 0.29) is 29.7 Å². The maximum Gasteiger partial charge on any atom is 0.246 e. The number of ether oxygens (including phenoxy) is 1. The molecule has 1 aromatic rings. The van der Waals surface area contributed by atoms with E-state index in [0.29, 0.717) is 12.1 Å². The lowest BCUT2D eigenvalue weighted by molar-refractivity contribution is 0.175. The summed E-state index contributed by atoms with van der Waals surface area (Å²) in [6, 6.07) is 2.33. The van der Waals surface area contributed by atoms with Crippen molar-refractivity contribution in [2.75, 3.05) is 32.5 Å². The van der Waals surface area contributed by atoms with Crippen LogP contribution in [0.3, 0.4) is 0 Å². The zero-order valence-electron chi connectivity index (χ0n) is 12.9. The lowest BCUT2D eigenvalue weighted by atomic mass is 10.2. The molecule has 0 bridgehead atoms. The van der Waals surface area contributed by atoms with Crippen LogP contribution < -0.4 is 5.73 Å². The van der Waals surface area contributed by atoms with Gasteiger partial charge in [-0.05, 0) is 30.5 Å². The van der Waals surface area contributed by atoms with E-state index in [1.807, 2.05) is 13.8 Å². The predicted octanol–water partition coefficient (Wildman–Crippen LogP) is 2.01. The smallest absolute Gasteiger partial charge is 0.246 e. The molecule has 21 heavy (non-hydrogen) atoms. The number of hydrogen-bond donors (Lipinski definition) is 1. The normalized spacial score (nSPS) is 12.3. The highest BCUT2D eigenvalue weighted by atomic mass is 32.2. The maximum atomic E-state index is 14.1. The van der Waals surface area contributed by atoms with Crippen LogP contribution in [0.1, 0.15) is 19.4 Å². The third-order valence-corrected chi connectivity index (χ3v) is 4.93. The Morgan fingerprint density at radius 3 is 2.52 bits per heavy atom. The number of rotatable bonds is 7. The molecule has 0 heterocycles. The number of hydrogen-bond acceptors (Lipinski definition) is 4. The van der Waals surface area contributed by atoms with Crippen molar-refractivity contribution in [3.8, 4) is 0 Å². The Hall–Kier alpha value is -1.18. The van der Waals surface area contributed by atoms with E-state index in [1.54, 1.807) is 6.92 Å². The third kappa shape index (κ3) is 4.39. The molecule has 0 atom stereocenters. The van der Waals surface area contributed by atoms with Crippen molar-refractivity contribution in [3.05, 3.63) is 23.5 Å². The summed E-state index contributed by atoms with van der Waals surface area (Å²) < 4.78 is 45.5. The summed E-state index contributed by atoms with van der Waals surface area (Å²) in [5, 5.41) is 0. The van der Waals surface area contributed by atoms with Gasteiger partial charge >= 0.3 is 0 Å². The standard InChI is InChI=1S/C14H23FN2O3S/c1-10(2)9-17(5-6-20-4)21(18,19)14-8-13(16)11(3)7-12(14)15/h7-8,10H,5-6,9,16H2,1-4H3. The molecule has 120 valence electrons. The fourth-order valence-electron chi connectivity index (χ4n) is 1.92. The van der Waals surface area contributed by atoms with Gasteiger partial charge in [0.15, 0.2) is 0 Å². The van der Waals surface area contributed by atoms with Crippen molar-refractivity contribution in [1.82, 2.24) is 4.31 Å². The molecule has 0 unspecified atom stereocenters. The Morgan fingerprint density at radius 1 is 1.38 bits per heavy atom. The van der Waals surface area contributed by atoms with Crippen molar-refractivity contribution in [3.63, 3.8) is 0 Å². The van der Waals surface area contributed by atoms with Crippen LogP contribution in [0.25, 0.3) is 0 Å². The summed E-state index contributed by atoms with van der Waals surface area (Å²) in [7, 11) is -2.45. The molecule has 0 fully saturated rings. The molecule has 0 saturated heterocycles. The first-order valence-corrected chi connectivity index (χ1v) is 8.18. The quantitative estimate of drug-likeness (QED) is 0.781. The molecule has 0 spiro atoms. The minimum atomic E-state index is -3.94. The van der Waals surface area contributed by atoms with E-state index >= 15 is 0 Å². The Morgan fingerprint density at radius 2 is 2.00 bits per heavy atom. The van der Waals surface area contributed by atoms with E-state index in [1.165, 1.54) is 17.5 Å². The summed E-state index contributed by atoms with van der Waals surface area (Å²) in [6.45, 7) is 6.13. The van der Waals surface area contributed by atoms with E-state index in [0.717, 1.165) is 6.07 Å². The number of aryl methyl sites for hydroxylation is 1. The molecule has 2 N–H and O–H groups in total. The van der Waals surface area contributed by atoms with Gasteiger partial charge in [-0.25, -0.2) is 12.8 Å². The maximum absolute atomic E-state index is 14.1.